The molecule has 146 valence electrons. The molecule has 3 N–H and O–H groups in total. The number of nitrogens with two attached hydrogens (primary N) is 1. The van der Waals surface area contributed by atoms with Crippen molar-refractivity contribution in [3.8, 4) is 11.5 Å². The number of nitrogen functional groups attached to an aromatic ring is 1. The Bertz CT molecular complexity index is 1100. The van der Waals surface area contributed by atoms with E-state index in [1.165, 1.54) is 11.8 Å². The van der Waals surface area contributed by atoms with E-state index in [0.717, 1.165) is 28.3 Å². The van der Waals surface area contributed by atoms with Crippen LogP contribution in [0.3, 0.4) is 0 Å². The fourth-order valence-corrected chi connectivity index (χ4v) is 3.86. The van der Waals surface area contributed by atoms with Crippen molar-refractivity contribution in [2.75, 3.05) is 24.1 Å². The molecule has 1 aromatic heterocycles. The van der Waals surface area contributed by atoms with Crippen LogP contribution < -0.4 is 20.5 Å². The molecule has 3 aromatic rings. The minimum Gasteiger partial charge on any atom is -0.454 e. The van der Waals surface area contributed by atoms with E-state index in [1.54, 1.807) is 0 Å². The third-order valence-corrected chi connectivity index (χ3v) is 5.48. The third-order valence-electron chi connectivity index (χ3n) is 4.94. The highest BCUT2D eigenvalue weighted by Crippen LogP contribution is 2.39. The zero-order valence-corrected chi connectivity index (χ0v) is 16.6. The van der Waals surface area contributed by atoms with Crippen LogP contribution in [0.4, 0.5) is 17.3 Å². The number of anilines is 2. The molecule has 3 heterocycles. The summed E-state index contributed by atoms with van der Waals surface area (Å²) in [5, 5.41) is 4.14. The van der Waals surface area contributed by atoms with Crippen LogP contribution in [0.15, 0.2) is 58.7 Å². The van der Waals surface area contributed by atoms with Crippen LogP contribution in [-0.2, 0) is 0 Å². The average Bonchev–Trinajstić information content (AvgIpc) is 3.13. The fourth-order valence-electron chi connectivity index (χ4n) is 3.49. The van der Waals surface area contributed by atoms with Gasteiger partial charge in [-0.05, 0) is 35.6 Å². The van der Waals surface area contributed by atoms with Gasteiger partial charge in [-0.25, -0.2) is 15.0 Å². The van der Waals surface area contributed by atoms with Gasteiger partial charge in [0.25, 0.3) is 0 Å². The fraction of sp³-hybridized carbons (Fsp3) is 0.190. The molecule has 0 fully saturated rings. The predicted molar refractivity (Wildman–Crippen MR) is 114 cm³/mol. The third kappa shape index (κ3) is 3.36. The Morgan fingerprint density at radius 2 is 1.90 bits per heavy atom. The lowest BCUT2D eigenvalue weighted by atomic mass is 9.97. The van der Waals surface area contributed by atoms with E-state index in [9.17, 15) is 0 Å². The van der Waals surface area contributed by atoms with Crippen molar-refractivity contribution in [1.82, 2.24) is 9.97 Å². The molecule has 0 amide bonds. The first-order valence-electron chi connectivity index (χ1n) is 9.22. The number of hydrogen-bond donors (Lipinski definition) is 2. The molecule has 7 nitrogen and oxygen atoms in total. The molecule has 5 rings (SSSR count). The number of thioether (sulfide) groups is 1. The van der Waals surface area contributed by atoms with Crippen LogP contribution in [0.2, 0.25) is 0 Å². The van der Waals surface area contributed by atoms with Crippen molar-refractivity contribution in [3.05, 3.63) is 59.7 Å². The van der Waals surface area contributed by atoms with Gasteiger partial charge in [0.2, 0.25) is 6.79 Å². The summed E-state index contributed by atoms with van der Waals surface area (Å²) in [7, 11) is 0. The summed E-state index contributed by atoms with van der Waals surface area (Å²) in [5.74, 6) is 2.47. The summed E-state index contributed by atoms with van der Waals surface area (Å²) in [6.45, 7) is 0.237. The van der Waals surface area contributed by atoms with Crippen molar-refractivity contribution in [1.29, 1.82) is 0 Å². The monoisotopic (exact) mass is 405 g/mol. The number of ether oxygens (including phenoxy) is 2. The number of nitrogens with one attached hydrogen (secondary N) is 1. The van der Waals surface area contributed by atoms with E-state index in [2.05, 4.69) is 27.4 Å². The van der Waals surface area contributed by atoms with Crippen molar-refractivity contribution >= 4 is 34.8 Å². The van der Waals surface area contributed by atoms with Gasteiger partial charge >= 0.3 is 0 Å². The number of hydrogen-bond acceptors (Lipinski definition) is 8. The molecule has 1 atom stereocenters. The molecule has 0 spiro atoms. The van der Waals surface area contributed by atoms with Gasteiger partial charge in [-0.1, -0.05) is 42.1 Å². The molecule has 2 aliphatic rings. The second-order valence-corrected chi connectivity index (χ2v) is 7.50. The number of aromatic nitrogens is 2. The molecule has 0 radical (unpaired) electrons. The SMILES string of the molecule is CSc1nc(N)c2c(n1)NC(c1ccccc1)CC(c1ccc3c(c1)OCO3)=N2. The van der Waals surface area contributed by atoms with Crippen LogP contribution in [-0.4, -0.2) is 28.7 Å². The molecule has 2 aromatic carbocycles. The van der Waals surface area contributed by atoms with E-state index in [4.69, 9.17) is 20.2 Å². The van der Waals surface area contributed by atoms with Gasteiger partial charge in [-0.15, -0.1) is 0 Å². The predicted octanol–water partition coefficient (Wildman–Crippen LogP) is 4.19. The van der Waals surface area contributed by atoms with Crippen LogP contribution in [0.25, 0.3) is 0 Å². The molecule has 1 unspecified atom stereocenters. The topological polar surface area (TPSA) is 94.7 Å². The highest BCUT2D eigenvalue weighted by atomic mass is 32.2. The molecule has 29 heavy (non-hydrogen) atoms. The maximum Gasteiger partial charge on any atom is 0.231 e. The summed E-state index contributed by atoms with van der Waals surface area (Å²) in [6, 6.07) is 16.1. The number of benzene rings is 2. The number of rotatable bonds is 3. The Labute approximate surface area is 172 Å². The van der Waals surface area contributed by atoms with Gasteiger partial charge in [0.05, 0.1) is 11.8 Å². The van der Waals surface area contributed by atoms with E-state index >= 15 is 0 Å². The van der Waals surface area contributed by atoms with Gasteiger partial charge < -0.3 is 20.5 Å². The molecule has 0 saturated carbocycles. The normalized spacial score (nSPS) is 17.1. The van der Waals surface area contributed by atoms with E-state index in [1.807, 2.05) is 42.7 Å². The molecule has 8 heteroatoms. The molecule has 0 bridgehead atoms. The first kappa shape index (κ1) is 17.8. The Kier molecular flexibility index (Phi) is 4.48. The van der Waals surface area contributed by atoms with E-state index < -0.39 is 0 Å². The Morgan fingerprint density at radius 3 is 2.72 bits per heavy atom. The van der Waals surface area contributed by atoms with Crippen molar-refractivity contribution in [2.45, 2.75) is 17.6 Å². The maximum atomic E-state index is 6.25. The molecule has 0 aliphatic carbocycles. The van der Waals surface area contributed by atoms with E-state index in [0.29, 0.717) is 28.9 Å². The summed E-state index contributed by atoms with van der Waals surface area (Å²) < 4.78 is 11.0. The van der Waals surface area contributed by atoms with Crippen molar-refractivity contribution in [3.63, 3.8) is 0 Å². The van der Waals surface area contributed by atoms with Gasteiger partial charge in [-0.3, -0.25) is 0 Å². The smallest absolute Gasteiger partial charge is 0.231 e. The minimum atomic E-state index is -0.00868. The van der Waals surface area contributed by atoms with Gasteiger partial charge in [0, 0.05) is 6.42 Å². The largest absolute Gasteiger partial charge is 0.454 e. The highest BCUT2D eigenvalue weighted by molar-refractivity contribution is 7.98. The van der Waals surface area contributed by atoms with E-state index in [-0.39, 0.29) is 12.8 Å². The Balaban J connectivity index is 1.64. The molecular formula is C21H19N5O2S. The summed E-state index contributed by atoms with van der Waals surface area (Å²) in [6.07, 6.45) is 2.59. The lowest BCUT2D eigenvalue weighted by molar-refractivity contribution is 0.174. The van der Waals surface area contributed by atoms with Crippen LogP contribution >= 0.6 is 11.8 Å². The van der Waals surface area contributed by atoms with Gasteiger partial charge in [0.15, 0.2) is 28.3 Å². The lowest BCUT2D eigenvalue weighted by Gasteiger charge is -2.19. The highest BCUT2D eigenvalue weighted by Gasteiger charge is 2.25. The number of aliphatic imine (C=N–C) groups is 1. The van der Waals surface area contributed by atoms with Crippen LogP contribution in [0.5, 0.6) is 11.5 Å². The summed E-state index contributed by atoms with van der Waals surface area (Å²) in [5.41, 5.74) is 9.80. The Morgan fingerprint density at radius 1 is 1.07 bits per heavy atom. The first-order valence-corrected chi connectivity index (χ1v) is 10.4. The second-order valence-electron chi connectivity index (χ2n) is 6.73. The van der Waals surface area contributed by atoms with Gasteiger partial charge in [0.1, 0.15) is 5.69 Å². The molecular weight excluding hydrogens is 386 g/mol. The van der Waals surface area contributed by atoms with Crippen LogP contribution in [0, 0.1) is 0 Å². The quantitative estimate of drug-likeness (QED) is 0.498. The summed E-state index contributed by atoms with van der Waals surface area (Å²) >= 11 is 1.45. The number of nitrogens with zero attached hydrogens (tertiary/aromatic N) is 3. The standard InChI is InChI=1S/C21H19N5O2S/c1-29-21-25-19(22)18-20(26-21)24-14(12-5-3-2-4-6-12)10-15(23-18)13-7-8-16-17(9-13)28-11-27-16/h2-9,14H,10-11H2,1H3,(H3,22,24,25,26). The zero-order chi connectivity index (χ0) is 19.8. The lowest BCUT2D eigenvalue weighted by Crippen LogP contribution is -2.15. The van der Waals surface area contributed by atoms with Crippen molar-refractivity contribution in [2.24, 2.45) is 4.99 Å². The zero-order valence-electron chi connectivity index (χ0n) is 15.8. The van der Waals surface area contributed by atoms with Crippen molar-refractivity contribution < 1.29 is 9.47 Å². The second kappa shape index (κ2) is 7.29. The first-order chi connectivity index (χ1) is 14.2. The minimum absolute atomic E-state index is 0.00868. The summed E-state index contributed by atoms with van der Waals surface area (Å²) in [4.78, 5) is 13.9. The Hall–Kier alpha value is -3.26. The average molecular weight is 405 g/mol. The molecule has 0 saturated heterocycles. The van der Waals surface area contributed by atoms with Gasteiger partial charge in [-0.2, -0.15) is 0 Å². The number of fused-ring (bicyclic) bond motifs is 2. The van der Waals surface area contributed by atoms with Crippen LogP contribution in [0.1, 0.15) is 23.6 Å². The molecule has 2 aliphatic heterocycles. The maximum absolute atomic E-state index is 6.25.